The minimum Gasteiger partial charge on any atom is -0.383 e. The molecule has 5 heteroatoms. The molecular formula is C13H18BrN3O. The van der Waals surface area contributed by atoms with Crippen LogP contribution in [-0.4, -0.2) is 28.9 Å². The summed E-state index contributed by atoms with van der Waals surface area (Å²) >= 11 is 3.32. The highest BCUT2D eigenvalue weighted by molar-refractivity contribution is 9.10. The van der Waals surface area contributed by atoms with Crippen LogP contribution in [0.3, 0.4) is 0 Å². The lowest BCUT2D eigenvalue weighted by Crippen LogP contribution is -2.37. The number of carbonyl (C=O) groups is 1. The van der Waals surface area contributed by atoms with Crippen LogP contribution in [0.15, 0.2) is 16.7 Å². The Hall–Kier alpha value is -1.10. The molecule has 1 amide bonds. The molecule has 0 spiro atoms. The number of hydrogen-bond acceptors (Lipinski definition) is 3. The number of amides is 1. The highest BCUT2D eigenvalue weighted by Gasteiger charge is 2.24. The Bertz CT molecular complexity index is 446. The number of carbonyl (C=O) groups excluding carboxylic acids is 1. The maximum Gasteiger partial charge on any atom is 0.257 e. The summed E-state index contributed by atoms with van der Waals surface area (Å²) in [5.41, 5.74) is 6.27. The SMILES string of the molecule is CCN(CC1CCC1)C(=O)c1cc(Br)cnc1N. The second kappa shape index (κ2) is 5.69. The van der Waals surface area contributed by atoms with Crippen molar-refractivity contribution in [2.75, 3.05) is 18.8 Å². The number of aromatic nitrogens is 1. The average molecular weight is 312 g/mol. The van der Waals surface area contributed by atoms with Crippen molar-refractivity contribution in [2.24, 2.45) is 5.92 Å². The van der Waals surface area contributed by atoms with E-state index in [1.165, 1.54) is 19.3 Å². The van der Waals surface area contributed by atoms with Gasteiger partial charge in [-0.3, -0.25) is 4.79 Å². The monoisotopic (exact) mass is 311 g/mol. The molecule has 4 nitrogen and oxygen atoms in total. The van der Waals surface area contributed by atoms with Gasteiger partial charge in [0.05, 0.1) is 5.56 Å². The zero-order valence-electron chi connectivity index (χ0n) is 10.5. The zero-order chi connectivity index (χ0) is 13.1. The summed E-state index contributed by atoms with van der Waals surface area (Å²) in [7, 11) is 0. The van der Waals surface area contributed by atoms with Crippen LogP contribution >= 0.6 is 15.9 Å². The Labute approximate surface area is 116 Å². The van der Waals surface area contributed by atoms with Gasteiger partial charge in [-0.25, -0.2) is 4.98 Å². The second-order valence-corrected chi connectivity index (χ2v) is 5.64. The number of anilines is 1. The van der Waals surface area contributed by atoms with Crippen LogP contribution in [-0.2, 0) is 0 Å². The molecule has 98 valence electrons. The molecule has 0 bridgehead atoms. The third kappa shape index (κ3) is 2.83. The van der Waals surface area contributed by atoms with E-state index in [1.807, 2.05) is 11.8 Å². The van der Waals surface area contributed by atoms with Crippen LogP contribution < -0.4 is 5.73 Å². The molecule has 0 radical (unpaired) electrons. The Morgan fingerprint density at radius 1 is 1.61 bits per heavy atom. The normalized spacial score (nSPS) is 15.2. The molecule has 0 aromatic carbocycles. The Morgan fingerprint density at radius 2 is 2.33 bits per heavy atom. The molecule has 0 aliphatic heterocycles. The van der Waals surface area contributed by atoms with E-state index < -0.39 is 0 Å². The third-order valence-electron chi connectivity index (χ3n) is 3.49. The average Bonchev–Trinajstić information content (AvgIpc) is 2.30. The minimum absolute atomic E-state index is 0.0179. The summed E-state index contributed by atoms with van der Waals surface area (Å²) in [6, 6.07) is 1.74. The third-order valence-corrected chi connectivity index (χ3v) is 3.92. The molecule has 1 aromatic heterocycles. The van der Waals surface area contributed by atoms with E-state index in [-0.39, 0.29) is 5.91 Å². The maximum absolute atomic E-state index is 12.4. The largest absolute Gasteiger partial charge is 0.383 e. The molecule has 2 rings (SSSR count). The van der Waals surface area contributed by atoms with E-state index in [2.05, 4.69) is 20.9 Å². The number of halogens is 1. The van der Waals surface area contributed by atoms with Crippen LogP contribution in [0.25, 0.3) is 0 Å². The predicted octanol–water partition coefficient (Wildman–Crippen LogP) is 2.69. The first-order valence-corrected chi connectivity index (χ1v) is 7.11. The highest BCUT2D eigenvalue weighted by Crippen LogP contribution is 2.28. The van der Waals surface area contributed by atoms with Crippen molar-refractivity contribution in [1.82, 2.24) is 9.88 Å². The fourth-order valence-electron chi connectivity index (χ4n) is 2.13. The van der Waals surface area contributed by atoms with Gasteiger partial charge in [-0.1, -0.05) is 6.42 Å². The van der Waals surface area contributed by atoms with Crippen LogP contribution in [0, 0.1) is 5.92 Å². The van der Waals surface area contributed by atoms with E-state index in [4.69, 9.17) is 5.73 Å². The van der Waals surface area contributed by atoms with Gasteiger partial charge in [0, 0.05) is 23.8 Å². The first kappa shape index (κ1) is 13.3. The van der Waals surface area contributed by atoms with Crippen molar-refractivity contribution >= 4 is 27.7 Å². The molecule has 18 heavy (non-hydrogen) atoms. The lowest BCUT2D eigenvalue weighted by Gasteiger charge is -2.32. The number of nitrogens with zero attached hydrogens (tertiary/aromatic N) is 2. The van der Waals surface area contributed by atoms with Gasteiger partial charge in [-0.2, -0.15) is 0 Å². The molecule has 0 saturated heterocycles. The van der Waals surface area contributed by atoms with Gasteiger partial charge in [0.1, 0.15) is 5.82 Å². The summed E-state index contributed by atoms with van der Waals surface area (Å²) in [6.45, 7) is 3.54. The zero-order valence-corrected chi connectivity index (χ0v) is 12.1. The van der Waals surface area contributed by atoms with Gasteiger partial charge in [0.15, 0.2) is 0 Å². The lowest BCUT2D eigenvalue weighted by molar-refractivity contribution is 0.0707. The van der Waals surface area contributed by atoms with Gasteiger partial charge in [-0.15, -0.1) is 0 Å². The Balaban J connectivity index is 2.14. The van der Waals surface area contributed by atoms with E-state index >= 15 is 0 Å². The van der Waals surface area contributed by atoms with Crippen LogP contribution in [0.5, 0.6) is 0 Å². The van der Waals surface area contributed by atoms with E-state index in [1.54, 1.807) is 12.3 Å². The van der Waals surface area contributed by atoms with Crippen molar-refractivity contribution in [1.29, 1.82) is 0 Å². The van der Waals surface area contributed by atoms with Crippen molar-refractivity contribution in [2.45, 2.75) is 26.2 Å². The lowest BCUT2D eigenvalue weighted by atomic mass is 9.85. The van der Waals surface area contributed by atoms with Crippen LogP contribution in [0.2, 0.25) is 0 Å². The van der Waals surface area contributed by atoms with Crippen LogP contribution in [0.1, 0.15) is 36.5 Å². The molecule has 1 fully saturated rings. The molecule has 1 aromatic rings. The smallest absolute Gasteiger partial charge is 0.257 e. The van der Waals surface area contributed by atoms with Gasteiger partial charge in [0.25, 0.3) is 5.91 Å². The number of nitrogen functional groups attached to an aromatic ring is 1. The fraction of sp³-hybridized carbons (Fsp3) is 0.538. The summed E-state index contributed by atoms with van der Waals surface area (Å²) < 4.78 is 0.778. The quantitative estimate of drug-likeness (QED) is 0.930. The van der Waals surface area contributed by atoms with Crippen molar-refractivity contribution in [3.63, 3.8) is 0 Å². The highest BCUT2D eigenvalue weighted by atomic mass is 79.9. The molecule has 1 saturated carbocycles. The Morgan fingerprint density at radius 3 is 2.89 bits per heavy atom. The topological polar surface area (TPSA) is 59.2 Å². The standard InChI is InChI=1S/C13H18BrN3O/c1-2-17(8-9-4-3-5-9)13(18)11-6-10(14)7-16-12(11)15/h6-7,9H,2-5,8H2,1H3,(H2,15,16). The summed E-state index contributed by atoms with van der Waals surface area (Å²) in [5, 5.41) is 0. The van der Waals surface area contributed by atoms with Gasteiger partial charge < -0.3 is 10.6 Å². The fourth-order valence-corrected chi connectivity index (χ4v) is 2.47. The molecule has 2 N–H and O–H groups in total. The van der Waals surface area contributed by atoms with Crippen LogP contribution in [0.4, 0.5) is 5.82 Å². The minimum atomic E-state index is -0.0179. The number of hydrogen-bond donors (Lipinski definition) is 1. The second-order valence-electron chi connectivity index (χ2n) is 4.73. The van der Waals surface area contributed by atoms with Gasteiger partial charge >= 0.3 is 0 Å². The van der Waals surface area contributed by atoms with E-state index in [9.17, 15) is 4.79 Å². The van der Waals surface area contributed by atoms with Gasteiger partial charge in [0.2, 0.25) is 0 Å². The first-order valence-electron chi connectivity index (χ1n) is 6.32. The van der Waals surface area contributed by atoms with E-state index in [0.717, 1.165) is 11.0 Å². The molecule has 0 unspecified atom stereocenters. The van der Waals surface area contributed by atoms with Crippen molar-refractivity contribution < 1.29 is 4.79 Å². The van der Waals surface area contributed by atoms with E-state index in [0.29, 0.717) is 23.8 Å². The predicted molar refractivity (Wildman–Crippen MR) is 75.3 cm³/mol. The number of nitrogens with two attached hydrogens (primary N) is 1. The van der Waals surface area contributed by atoms with Crippen molar-refractivity contribution in [3.05, 3.63) is 22.3 Å². The first-order chi connectivity index (χ1) is 8.61. The summed E-state index contributed by atoms with van der Waals surface area (Å²) in [5.74, 6) is 0.946. The molecular weight excluding hydrogens is 294 g/mol. The molecule has 1 aliphatic carbocycles. The molecule has 1 aliphatic rings. The maximum atomic E-state index is 12.4. The summed E-state index contributed by atoms with van der Waals surface area (Å²) in [4.78, 5) is 18.3. The summed E-state index contributed by atoms with van der Waals surface area (Å²) in [6.07, 6.45) is 5.36. The number of rotatable bonds is 4. The molecule has 0 atom stereocenters. The van der Waals surface area contributed by atoms with Gasteiger partial charge in [-0.05, 0) is 47.7 Å². The number of pyridine rings is 1. The van der Waals surface area contributed by atoms with Crippen molar-refractivity contribution in [3.8, 4) is 0 Å². The molecule has 1 heterocycles. The Kier molecular flexibility index (Phi) is 4.22.